The fourth-order valence-electron chi connectivity index (χ4n) is 1.54. The van der Waals surface area contributed by atoms with Gasteiger partial charge in [-0.05, 0) is 37.0 Å². The van der Waals surface area contributed by atoms with Gasteiger partial charge >= 0.3 is 0 Å². The fraction of sp³-hybridized carbons (Fsp3) is 0.467. The van der Waals surface area contributed by atoms with Gasteiger partial charge in [-0.15, -0.1) is 0 Å². The lowest BCUT2D eigenvalue weighted by atomic mass is 10.0. The normalized spacial score (nSPS) is 13.2. The quantitative estimate of drug-likeness (QED) is 0.367. The van der Waals surface area contributed by atoms with Crippen molar-refractivity contribution in [3.05, 3.63) is 35.6 Å². The molecule has 0 aromatic rings. The first-order chi connectivity index (χ1) is 8.06. The smallest absolute Gasteiger partial charge is 0.178 e. The molecule has 2 heteroatoms. The fourth-order valence-corrected chi connectivity index (χ4v) is 1.54. The molecule has 0 unspecified atom stereocenters. The van der Waals surface area contributed by atoms with Crippen LogP contribution in [0.4, 0.5) is 0 Å². The summed E-state index contributed by atoms with van der Waals surface area (Å²) in [5.74, 6) is -0.0309. The van der Waals surface area contributed by atoms with E-state index in [1.54, 1.807) is 19.2 Å². The Morgan fingerprint density at radius 2 is 2.00 bits per heavy atom. The molecule has 0 aromatic carbocycles. The van der Waals surface area contributed by atoms with E-state index in [1.165, 1.54) is 12.5 Å². The number of hydrogen-bond acceptors (Lipinski definition) is 2. The maximum absolute atomic E-state index is 11.4. The Morgan fingerprint density at radius 1 is 1.35 bits per heavy atom. The minimum absolute atomic E-state index is 0.0309. The summed E-state index contributed by atoms with van der Waals surface area (Å²) in [5.41, 5.74) is 2.57. The zero-order chi connectivity index (χ0) is 13.3. The molecule has 0 radical (unpaired) electrons. The van der Waals surface area contributed by atoms with E-state index in [1.807, 2.05) is 0 Å². The van der Waals surface area contributed by atoms with E-state index in [4.69, 9.17) is 0 Å². The molecule has 94 valence electrons. The Kier molecular flexibility index (Phi) is 7.95. The second kappa shape index (κ2) is 8.68. The highest BCUT2D eigenvalue weighted by atomic mass is 16.1. The summed E-state index contributed by atoms with van der Waals surface area (Å²) in [4.78, 5) is 15.4. The minimum Gasteiger partial charge on any atom is -0.293 e. The lowest BCUT2D eigenvalue weighted by molar-refractivity contribution is -0.113. The standard InChI is InChI=1S/C15H23NO/c1-6-9-14(10-7-2)12(4)11-15(13(5)17)16-8-3/h8-9,11H,4,6-7,10H2,1-3,5H3/b14-9+,15-11-,16-8-. The van der Waals surface area contributed by atoms with Gasteiger partial charge in [0.05, 0.1) is 0 Å². The Hall–Kier alpha value is -1.44. The highest BCUT2D eigenvalue weighted by Crippen LogP contribution is 2.18. The van der Waals surface area contributed by atoms with Gasteiger partial charge in [-0.1, -0.05) is 32.9 Å². The van der Waals surface area contributed by atoms with Crippen LogP contribution in [-0.2, 0) is 4.79 Å². The molecule has 0 rings (SSSR count). The van der Waals surface area contributed by atoms with Gasteiger partial charge < -0.3 is 0 Å². The van der Waals surface area contributed by atoms with Crippen molar-refractivity contribution >= 4 is 12.0 Å². The Balaban J connectivity index is 5.06. The maximum atomic E-state index is 11.4. The molecule has 0 heterocycles. The van der Waals surface area contributed by atoms with E-state index in [2.05, 4.69) is 31.5 Å². The lowest BCUT2D eigenvalue weighted by Gasteiger charge is -2.06. The number of hydrogen-bond donors (Lipinski definition) is 0. The van der Waals surface area contributed by atoms with Crippen molar-refractivity contribution in [2.45, 2.75) is 47.0 Å². The number of ketones is 1. The molecule has 0 saturated carbocycles. The van der Waals surface area contributed by atoms with Crippen LogP contribution in [0.15, 0.2) is 40.6 Å². The first-order valence-electron chi connectivity index (χ1n) is 6.16. The molecule has 0 amide bonds. The summed E-state index contributed by atoms with van der Waals surface area (Å²) >= 11 is 0. The van der Waals surface area contributed by atoms with Crippen LogP contribution in [0.5, 0.6) is 0 Å². The van der Waals surface area contributed by atoms with Gasteiger partial charge in [-0.3, -0.25) is 9.79 Å². The Bertz CT molecular complexity index is 359. The van der Waals surface area contributed by atoms with Crippen molar-refractivity contribution in [1.82, 2.24) is 0 Å². The molecule has 2 nitrogen and oxygen atoms in total. The van der Waals surface area contributed by atoms with Crippen LogP contribution >= 0.6 is 0 Å². The van der Waals surface area contributed by atoms with E-state index in [9.17, 15) is 4.79 Å². The minimum atomic E-state index is -0.0309. The summed E-state index contributed by atoms with van der Waals surface area (Å²) < 4.78 is 0. The number of allylic oxidation sites excluding steroid dienone is 5. The highest BCUT2D eigenvalue weighted by molar-refractivity contribution is 5.94. The maximum Gasteiger partial charge on any atom is 0.178 e. The average molecular weight is 233 g/mol. The van der Waals surface area contributed by atoms with Crippen molar-refractivity contribution in [1.29, 1.82) is 0 Å². The number of rotatable bonds is 7. The van der Waals surface area contributed by atoms with Crippen LogP contribution in [0, 0.1) is 0 Å². The third-order valence-electron chi connectivity index (χ3n) is 2.32. The molecule has 0 saturated heterocycles. The molecule has 0 spiro atoms. The number of aliphatic imine (C=N–C) groups is 1. The molecule has 0 bridgehead atoms. The van der Waals surface area contributed by atoms with Gasteiger partial charge in [0.15, 0.2) is 5.78 Å². The highest BCUT2D eigenvalue weighted by Gasteiger charge is 2.04. The number of Topliss-reactive ketones (excluding diaryl/α,β-unsaturated/α-hetero) is 1. The van der Waals surface area contributed by atoms with Crippen LogP contribution in [0.25, 0.3) is 0 Å². The molecule has 0 aliphatic heterocycles. The third-order valence-corrected chi connectivity index (χ3v) is 2.32. The van der Waals surface area contributed by atoms with Crippen LogP contribution in [0.3, 0.4) is 0 Å². The topological polar surface area (TPSA) is 29.4 Å². The predicted molar refractivity (Wildman–Crippen MR) is 75.4 cm³/mol. The van der Waals surface area contributed by atoms with E-state index in [-0.39, 0.29) is 5.78 Å². The Labute approximate surface area is 105 Å². The second-order valence-corrected chi connectivity index (χ2v) is 3.89. The summed E-state index contributed by atoms with van der Waals surface area (Å²) in [6, 6.07) is 0. The van der Waals surface area contributed by atoms with E-state index < -0.39 is 0 Å². The van der Waals surface area contributed by atoms with Gasteiger partial charge in [0.2, 0.25) is 0 Å². The first kappa shape index (κ1) is 15.6. The molecule has 0 N–H and O–H groups in total. The van der Waals surface area contributed by atoms with Gasteiger partial charge in [0.25, 0.3) is 0 Å². The largest absolute Gasteiger partial charge is 0.293 e. The van der Waals surface area contributed by atoms with Gasteiger partial charge in [-0.25, -0.2) is 0 Å². The molecule has 0 atom stereocenters. The molecule has 0 aliphatic carbocycles. The molecule has 0 aromatic heterocycles. The van der Waals surface area contributed by atoms with Crippen molar-refractivity contribution in [3.63, 3.8) is 0 Å². The Morgan fingerprint density at radius 3 is 2.41 bits per heavy atom. The summed E-state index contributed by atoms with van der Waals surface area (Å²) in [6.07, 6.45) is 8.61. The molecule has 0 fully saturated rings. The van der Waals surface area contributed by atoms with Gasteiger partial charge in [-0.2, -0.15) is 0 Å². The predicted octanol–water partition coefficient (Wildman–Crippen LogP) is 4.24. The molecular formula is C15H23NO. The summed E-state index contributed by atoms with van der Waals surface area (Å²) in [7, 11) is 0. The van der Waals surface area contributed by atoms with Crippen molar-refractivity contribution < 1.29 is 4.79 Å². The monoisotopic (exact) mass is 233 g/mol. The van der Waals surface area contributed by atoms with Crippen LogP contribution in [0.1, 0.15) is 47.0 Å². The number of nitrogens with zero attached hydrogens (tertiary/aromatic N) is 1. The summed E-state index contributed by atoms with van der Waals surface area (Å²) in [6.45, 7) is 11.6. The van der Waals surface area contributed by atoms with Crippen molar-refractivity contribution in [2.24, 2.45) is 4.99 Å². The van der Waals surface area contributed by atoms with Crippen molar-refractivity contribution in [2.75, 3.05) is 0 Å². The number of carbonyl (C=O) groups excluding carboxylic acids is 1. The van der Waals surface area contributed by atoms with Gasteiger partial charge in [0.1, 0.15) is 5.70 Å². The summed E-state index contributed by atoms with van der Waals surface area (Å²) in [5, 5.41) is 0. The van der Waals surface area contributed by atoms with Gasteiger partial charge in [0, 0.05) is 13.1 Å². The van der Waals surface area contributed by atoms with Crippen LogP contribution in [-0.4, -0.2) is 12.0 Å². The van der Waals surface area contributed by atoms with E-state index in [0.717, 1.165) is 24.8 Å². The lowest BCUT2D eigenvalue weighted by Crippen LogP contribution is -1.96. The average Bonchev–Trinajstić information content (AvgIpc) is 2.28. The SMILES string of the molecule is C=C(/C=C(\N=C/C)C(C)=O)/C(=C/CC)CCC. The van der Waals surface area contributed by atoms with Crippen molar-refractivity contribution in [3.8, 4) is 0 Å². The van der Waals surface area contributed by atoms with Crippen LogP contribution in [0.2, 0.25) is 0 Å². The zero-order valence-corrected chi connectivity index (χ0v) is 11.4. The molecular weight excluding hydrogens is 210 g/mol. The van der Waals surface area contributed by atoms with E-state index >= 15 is 0 Å². The van der Waals surface area contributed by atoms with Crippen LogP contribution < -0.4 is 0 Å². The second-order valence-electron chi connectivity index (χ2n) is 3.89. The molecule has 0 aliphatic rings. The third kappa shape index (κ3) is 6.00. The van der Waals surface area contributed by atoms with E-state index in [0.29, 0.717) is 5.70 Å². The molecule has 17 heavy (non-hydrogen) atoms. The zero-order valence-electron chi connectivity index (χ0n) is 11.4. The first-order valence-corrected chi connectivity index (χ1v) is 6.16. The number of carbonyl (C=O) groups is 1.